The summed E-state index contributed by atoms with van der Waals surface area (Å²) in [4.78, 5) is 25.1. The number of nitrogens with one attached hydrogen (secondary N) is 2. The molecule has 3 N–H and O–H groups in total. The molecule has 0 aromatic heterocycles. The molecule has 5 nitrogen and oxygen atoms in total. The molecule has 166 valence electrons. The van der Waals surface area contributed by atoms with Gasteiger partial charge in [0.25, 0.3) is 11.8 Å². The summed E-state index contributed by atoms with van der Waals surface area (Å²) >= 11 is 18.3. The van der Waals surface area contributed by atoms with Gasteiger partial charge < -0.3 is 15.7 Å². The number of amides is 2. The van der Waals surface area contributed by atoms with Crippen molar-refractivity contribution in [1.82, 2.24) is 5.32 Å². The molecule has 3 rings (SSSR count). The van der Waals surface area contributed by atoms with E-state index < -0.39 is 11.9 Å². The highest BCUT2D eigenvalue weighted by atomic mass is 35.5. The average molecular weight is 492 g/mol. The maximum absolute atomic E-state index is 12.6. The molecule has 1 atom stereocenters. The molecule has 0 radical (unpaired) electrons. The van der Waals surface area contributed by atoms with Crippen LogP contribution in [0, 0.1) is 6.92 Å². The van der Waals surface area contributed by atoms with Crippen molar-refractivity contribution in [1.29, 1.82) is 0 Å². The molecule has 2 amide bonds. The van der Waals surface area contributed by atoms with Gasteiger partial charge in [-0.1, -0.05) is 65.1 Å². The van der Waals surface area contributed by atoms with Crippen LogP contribution in [-0.4, -0.2) is 29.6 Å². The fourth-order valence-corrected chi connectivity index (χ4v) is 4.13. The minimum absolute atomic E-state index is 0.206. The summed E-state index contributed by atoms with van der Waals surface area (Å²) in [6, 6.07) is 16.7. The van der Waals surface area contributed by atoms with E-state index in [4.69, 9.17) is 34.8 Å². The summed E-state index contributed by atoms with van der Waals surface area (Å²) in [5.74, 6) is -0.753. The van der Waals surface area contributed by atoms with Crippen LogP contribution in [0.2, 0.25) is 15.1 Å². The van der Waals surface area contributed by atoms with E-state index in [1.165, 1.54) is 0 Å². The lowest BCUT2D eigenvalue weighted by atomic mass is 10.0. The van der Waals surface area contributed by atoms with Crippen LogP contribution in [-0.2, 0) is 6.42 Å². The second kappa shape index (κ2) is 10.8. The van der Waals surface area contributed by atoms with Gasteiger partial charge in [0.2, 0.25) is 0 Å². The lowest BCUT2D eigenvalue weighted by molar-refractivity contribution is 0.0915. The fourth-order valence-electron chi connectivity index (χ4n) is 3.26. The quantitative estimate of drug-likeness (QED) is 0.406. The number of hydrogen-bond donors (Lipinski definition) is 3. The van der Waals surface area contributed by atoms with Crippen LogP contribution in [0.4, 0.5) is 5.69 Å². The van der Waals surface area contributed by atoms with Crippen LogP contribution in [0.25, 0.3) is 0 Å². The number of aliphatic hydroxyl groups is 1. The molecule has 0 aliphatic carbocycles. The highest BCUT2D eigenvalue weighted by Crippen LogP contribution is 2.25. The molecule has 0 bridgehead atoms. The number of carbonyl (C=O) groups is 2. The fraction of sp³-hybridized carbons (Fsp3) is 0.167. The van der Waals surface area contributed by atoms with E-state index in [1.807, 2.05) is 0 Å². The molecular weight excluding hydrogens is 471 g/mol. The first-order valence-electron chi connectivity index (χ1n) is 9.81. The van der Waals surface area contributed by atoms with Crippen molar-refractivity contribution in [2.24, 2.45) is 0 Å². The Hall–Kier alpha value is -2.57. The zero-order valence-corrected chi connectivity index (χ0v) is 19.4. The number of hydrogen-bond acceptors (Lipinski definition) is 3. The summed E-state index contributed by atoms with van der Waals surface area (Å²) in [7, 11) is 0. The Bertz CT molecular complexity index is 1090. The second-order valence-corrected chi connectivity index (χ2v) is 8.46. The third-order valence-corrected chi connectivity index (χ3v) is 5.83. The first-order valence-corrected chi connectivity index (χ1v) is 10.9. The van der Waals surface area contributed by atoms with E-state index in [0.717, 1.165) is 11.1 Å². The lowest BCUT2D eigenvalue weighted by Gasteiger charge is -2.18. The topological polar surface area (TPSA) is 78.4 Å². The van der Waals surface area contributed by atoms with Crippen molar-refractivity contribution in [3.8, 4) is 0 Å². The van der Waals surface area contributed by atoms with Crippen LogP contribution in [0.5, 0.6) is 0 Å². The van der Waals surface area contributed by atoms with Gasteiger partial charge in [-0.15, -0.1) is 0 Å². The first kappa shape index (κ1) is 24.1. The third-order valence-electron chi connectivity index (χ3n) is 4.89. The molecular formula is C24H21Cl3N2O3. The number of carbonyl (C=O) groups excluding carboxylic acids is 2. The summed E-state index contributed by atoms with van der Waals surface area (Å²) in [5.41, 5.74) is 2.78. The van der Waals surface area contributed by atoms with Gasteiger partial charge in [0.05, 0.1) is 38.8 Å². The van der Waals surface area contributed by atoms with Gasteiger partial charge in [0.1, 0.15) is 0 Å². The van der Waals surface area contributed by atoms with E-state index in [1.54, 1.807) is 67.6 Å². The minimum atomic E-state index is -0.499. The largest absolute Gasteiger partial charge is 0.394 e. The Labute approximate surface area is 201 Å². The van der Waals surface area contributed by atoms with Crippen molar-refractivity contribution in [3.05, 3.63) is 98.0 Å². The van der Waals surface area contributed by atoms with Gasteiger partial charge in [-0.2, -0.15) is 0 Å². The molecule has 0 heterocycles. The zero-order chi connectivity index (χ0) is 23.3. The van der Waals surface area contributed by atoms with Gasteiger partial charge >= 0.3 is 0 Å². The molecule has 8 heteroatoms. The van der Waals surface area contributed by atoms with E-state index in [9.17, 15) is 14.7 Å². The lowest BCUT2D eigenvalue weighted by Crippen LogP contribution is -2.39. The Balaban J connectivity index is 1.65. The van der Waals surface area contributed by atoms with Gasteiger partial charge in [-0.05, 0) is 54.8 Å². The Morgan fingerprint density at radius 2 is 1.41 bits per heavy atom. The normalized spacial score (nSPS) is 11.7. The third kappa shape index (κ3) is 5.81. The number of halogens is 3. The number of aliphatic hydroxyl groups excluding tert-OH is 1. The minimum Gasteiger partial charge on any atom is -0.394 e. The monoisotopic (exact) mass is 490 g/mol. The Morgan fingerprint density at radius 3 is 1.97 bits per heavy atom. The number of anilines is 1. The summed E-state index contributed by atoms with van der Waals surface area (Å²) in [6.45, 7) is 1.57. The van der Waals surface area contributed by atoms with Crippen LogP contribution in [0.15, 0.2) is 60.7 Å². The highest BCUT2D eigenvalue weighted by molar-refractivity contribution is 6.40. The van der Waals surface area contributed by atoms with E-state index in [2.05, 4.69) is 10.6 Å². The average Bonchev–Trinajstić information content (AvgIpc) is 2.74. The molecule has 3 aromatic carbocycles. The van der Waals surface area contributed by atoms with Crippen LogP contribution < -0.4 is 10.6 Å². The SMILES string of the molecule is Cc1cccc(Cl)c1C(=O)N[C@H](CO)Cc1ccc(NC(=O)c2c(Cl)cccc2Cl)cc1. The van der Waals surface area contributed by atoms with Gasteiger partial charge in [-0.25, -0.2) is 0 Å². The van der Waals surface area contributed by atoms with E-state index >= 15 is 0 Å². The molecule has 0 fully saturated rings. The van der Waals surface area contributed by atoms with Crippen molar-refractivity contribution >= 4 is 52.3 Å². The van der Waals surface area contributed by atoms with Crippen LogP contribution in [0.1, 0.15) is 31.8 Å². The van der Waals surface area contributed by atoms with Crippen molar-refractivity contribution < 1.29 is 14.7 Å². The van der Waals surface area contributed by atoms with Crippen molar-refractivity contribution in [2.75, 3.05) is 11.9 Å². The van der Waals surface area contributed by atoms with E-state index in [-0.39, 0.29) is 28.1 Å². The maximum atomic E-state index is 12.6. The Morgan fingerprint density at radius 1 is 0.844 bits per heavy atom. The summed E-state index contributed by atoms with van der Waals surface area (Å²) in [6.07, 6.45) is 0.399. The van der Waals surface area contributed by atoms with Crippen LogP contribution in [0.3, 0.4) is 0 Å². The number of rotatable bonds is 7. The molecule has 0 spiro atoms. The van der Waals surface area contributed by atoms with E-state index in [0.29, 0.717) is 22.7 Å². The van der Waals surface area contributed by atoms with Gasteiger partial charge in [0, 0.05) is 5.69 Å². The standard InChI is InChI=1S/C24H21Cl3N2O3/c1-14-4-2-5-18(25)21(14)23(31)29-17(13-30)12-15-8-10-16(11-9-15)28-24(32)22-19(26)6-3-7-20(22)27/h2-11,17,30H,12-13H2,1H3,(H,28,32)(H,29,31)/t17-/m0/s1. The maximum Gasteiger partial charge on any atom is 0.258 e. The van der Waals surface area contributed by atoms with Crippen molar-refractivity contribution in [3.63, 3.8) is 0 Å². The molecule has 32 heavy (non-hydrogen) atoms. The molecule has 3 aromatic rings. The number of aryl methyl sites for hydroxylation is 1. The summed E-state index contributed by atoms with van der Waals surface area (Å²) < 4.78 is 0. The Kier molecular flexibility index (Phi) is 8.15. The molecule has 0 aliphatic heterocycles. The highest BCUT2D eigenvalue weighted by Gasteiger charge is 2.18. The molecule has 0 saturated heterocycles. The van der Waals surface area contributed by atoms with Gasteiger partial charge in [0.15, 0.2) is 0 Å². The molecule has 0 saturated carbocycles. The smallest absolute Gasteiger partial charge is 0.258 e. The predicted octanol–water partition coefficient (Wildman–Crippen LogP) is 5.54. The molecule has 0 aliphatic rings. The predicted molar refractivity (Wildman–Crippen MR) is 129 cm³/mol. The van der Waals surface area contributed by atoms with Gasteiger partial charge in [-0.3, -0.25) is 9.59 Å². The van der Waals surface area contributed by atoms with Crippen molar-refractivity contribution in [2.45, 2.75) is 19.4 Å². The summed E-state index contributed by atoms with van der Waals surface area (Å²) in [5, 5.41) is 16.2. The van der Waals surface area contributed by atoms with Crippen LogP contribution >= 0.6 is 34.8 Å². The number of benzene rings is 3. The second-order valence-electron chi connectivity index (χ2n) is 7.24. The first-order chi connectivity index (χ1) is 15.3. The zero-order valence-electron chi connectivity index (χ0n) is 17.2. The molecule has 0 unspecified atom stereocenters.